The van der Waals surface area contributed by atoms with Crippen LogP contribution < -0.4 is 5.56 Å². The van der Waals surface area contributed by atoms with Gasteiger partial charge < -0.3 is 10.1 Å². The number of carboxylic acid groups (broad SMARTS) is 1. The lowest BCUT2D eigenvalue weighted by Gasteiger charge is -2.04. The minimum absolute atomic E-state index is 0.0710. The number of nitrogens with one attached hydrogen (secondary N) is 1. The van der Waals surface area contributed by atoms with Crippen molar-refractivity contribution in [1.29, 1.82) is 0 Å². The Morgan fingerprint density at radius 1 is 1.53 bits per heavy atom. The summed E-state index contributed by atoms with van der Waals surface area (Å²) in [5.74, 6) is -1.08. The molecule has 0 atom stereocenters. The predicted octanol–water partition coefficient (Wildman–Crippen LogP) is 1.78. The van der Waals surface area contributed by atoms with Crippen molar-refractivity contribution in [3.63, 3.8) is 0 Å². The minimum Gasteiger partial charge on any atom is -0.477 e. The van der Waals surface area contributed by atoms with Gasteiger partial charge in [0.25, 0.3) is 5.56 Å². The van der Waals surface area contributed by atoms with Crippen molar-refractivity contribution < 1.29 is 9.90 Å². The minimum atomic E-state index is -1.08. The van der Waals surface area contributed by atoms with Crippen molar-refractivity contribution in [2.45, 2.75) is 6.92 Å². The van der Waals surface area contributed by atoms with Gasteiger partial charge in [0.05, 0.1) is 11.7 Å². The van der Waals surface area contributed by atoms with Crippen molar-refractivity contribution in [2.75, 3.05) is 0 Å². The first-order valence-electron chi connectivity index (χ1n) is 5.47. The molecule has 0 fully saturated rings. The van der Waals surface area contributed by atoms with E-state index in [-0.39, 0.29) is 11.3 Å². The number of aryl methyl sites for hydroxylation is 1. The molecule has 0 saturated heterocycles. The van der Waals surface area contributed by atoms with Gasteiger partial charge >= 0.3 is 5.97 Å². The molecule has 0 bridgehead atoms. The number of fused-ring (bicyclic) bond motifs is 1. The molecule has 96 valence electrons. The largest absolute Gasteiger partial charge is 0.477 e. The molecule has 7 heteroatoms. The molecule has 0 unspecified atom stereocenters. The fraction of sp³-hybridized carbons (Fsp3) is 0.0833. The van der Waals surface area contributed by atoms with Gasteiger partial charge in [-0.2, -0.15) is 0 Å². The molecule has 0 aliphatic heterocycles. The quantitative estimate of drug-likeness (QED) is 0.746. The number of aromatic nitrogens is 3. The Labute approximate surface area is 111 Å². The zero-order valence-electron chi connectivity index (χ0n) is 9.88. The molecule has 3 aromatic rings. The highest BCUT2D eigenvalue weighted by Crippen LogP contribution is 2.27. The molecule has 0 amide bonds. The van der Waals surface area contributed by atoms with Gasteiger partial charge in [0.2, 0.25) is 0 Å². The van der Waals surface area contributed by atoms with Crippen LogP contribution in [0.4, 0.5) is 0 Å². The summed E-state index contributed by atoms with van der Waals surface area (Å²) in [6.07, 6.45) is 1.28. The molecule has 0 aromatic carbocycles. The number of H-pyrrole nitrogens is 1. The number of thiophene rings is 1. The van der Waals surface area contributed by atoms with E-state index in [1.807, 2.05) is 11.4 Å². The molecule has 2 N–H and O–H groups in total. The zero-order valence-corrected chi connectivity index (χ0v) is 10.7. The fourth-order valence-corrected chi connectivity index (χ4v) is 2.89. The lowest BCUT2D eigenvalue weighted by Crippen LogP contribution is -2.07. The lowest BCUT2D eigenvalue weighted by molar-refractivity contribution is 0.0688. The summed E-state index contributed by atoms with van der Waals surface area (Å²) in [6, 6.07) is 3.61. The van der Waals surface area contributed by atoms with Crippen LogP contribution in [0.5, 0.6) is 0 Å². The topological polar surface area (TPSA) is 88.0 Å². The number of nitrogens with zero attached hydrogens (tertiary/aromatic N) is 2. The van der Waals surface area contributed by atoms with Crippen molar-refractivity contribution >= 4 is 28.3 Å². The van der Waals surface area contributed by atoms with Crippen LogP contribution in [0.2, 0.25) is 0 Å². The summed E-state index contributed by atoms with van der Waals surface area (Å²) in [6.45, 7) is 1.62. The van der Waals surface area contributed by atoms with Crippen molar-refractivity contribution in [3.05, 3.63) is 45.5 Å². The SMILES string of the molecule is Cc1c(C(=O)O)n(-c2cccs2)c2nc[nH]c(=O)c12. The maximum atomic E-state index is 11.9. The standard InChI is InChI=1S/C12H9N3O3S/c1-6-8-10(13-5-14-11(8)16)15(9(6)12(17)18)7-3-2-4-19-7/h2-5H,1H3,(H,17,18)(H,13,14,16). The number of aromatic amines is 1. The van der Waals surface area contributed by atoms with E-state index < -0.39 is 5.97 Å². The highest BCUT2D eigenvalue weighted by molar-refractivity contribution is 7.12. The maximum Gasteiger partial charge on any atom is 0.353 e. The van der Waals surface area contributed by atoms with Crippen LogP contribution in [-0.2, 0) is 0 Å². The Balaban J connectivity index is 2.55. The summed E-state index contributed by atoms with van der Waals surface area (Å²) >= 11 is 1.39. The molecule has 0 radical (unpaired) electrons. The number of hydrogen-bond acceptors (Lipinski definition) is 4. The number of carbonyl (C=O) groups is 1. The smallest absolute Gasteiger partial charge is 0.353 e. The number of carboxylic acids is 1. The highest BCUT2D eigenvalue weighted by Gasteiger charge is 2.23. The third-order valence-electron chi connectivity index (χ3n) is 2.93. The van der Waals surface area contributed by atoms with Gasteiger partial charge in [-0.25, -0.2) is 9.78 Å². The van der Waals surface area contributed by atoms with E-state index in [2.05, 4.69) is 9.97 Å². The Kier molecular flexibility index (Phi) is 2.49. The van der Waals surface area contributed by atoms with Crippen LogP contribution in [-0.4, -0.2) is 25.6 Å². The molecular weight excluding hydrogens is 266 g/mol. The van der Waals surface area contributed by atoms with Gasteiger partial charge in [-0.3, -0.25) is 9.36 Å². The van der Waals surface area contributed by atoms with Crippen LogP contribution in [0.1, 0.15) is 16.1 Å². The first-order valence-corrected chi connectivity index (χ1v) is 6.35. The van der Waals surface area contributed by atoms with Crippen molar-refractivity contribution in [3.8, 4) is 5.00 Å². The molecular formula is C12H9N3O3S. The van der Waals surface area contributed by atoms with Crippen molar-refractivity contribution in [2.24, 2.45) is 0 Å². The van der Waals surface area contributed by atoms with Crippen LogP contribution in [0, 0.1) is 6.92 Å². The summed E-state index contributed by atoms with van der Waals surface area (Å²) in [5, 5.41) is 12.3. The number of rotatable bonds is 2. The van der Waals surface area contributed by atoms with E-state index in [9.17, 15) is 14.7 Å². The first kappa shape index (κ1) is 11.7. The molecule has 3 heterocycles. The Hall–Kier alpha value is -2.41. The second kappa shape index (κ2) is 4.06. The summed E-state index contributed by atoms with van der Waals surface area (Å²) in [4.78, 5) is 29.9. The third-order valence-corrected chi connectivity index (χ3v) is 3.78. The Morgan fingerprint density at radius 3 is 2.95 bits per heavy atom. The Bertz CT molecular complexity index is 830. The van der Waals surface area contributed by atoms with E-state index in [0.717, 1.165) is 0 Å². The second-order valence-corrected chi connectivity index (χ2v) is 4.92. The van der Waals surface area contributed by atoms with E-state index in [1.54, 1.807) is 13.0 Å². The normalized spacial score (nSPS) is 11.0. The number of hydrogen-bond donors (Lipinski definition) is 2. The van der Waals surface area contributed by atoms with Gasteiger partial charge in [-0.15, -0.1) is 11.3 Å². The molecule has 19 heavy (non-hydrogen) atoms. The van der Waals surface area contributed by atoms with E-state index in [1.165, 1.54) is 22.2 Å². The van der Waals surface area contributed by atoms with Crippen LogP contribution in [0.15, 0.2) is 28.6 Å². The molecule has 0 spiro atoms. The summed E-state index contributed by atoms with van der Waals surface area (Å²) in [7, 11) is 0. The van der Waals surface area contributed by atoms with E-state index in [4.69, 9.17) is 0 Å². The van der Waals surface area contributed by atoms with E-state index in [0.29, 0.717) is 21.6 Å². The monoisotopic (exact) mass is 275 g/mol. The van der Waals surface area contributed by atoms with Crippen molar-refractivity contribution in [1.82, 2.24) is 14.5 Å². The third kappa shape index (κ3) is 1.59. The molecule has 6 nitrogen and oxygen atoms in total. The molecule has 3 rings (SSSR count). The molecule has 0 aliphatic carbocycles. The van der Waals surface area contributed by atoms with Gasteiger partial charge in [-0.1, -0.05) is 0 Å². The number of aromatic carboxylic acids is 1. The van der Waals surface area contributed by atoms with Crippen LogP contribution >= 0.6 is 11.3 Å². The van der Waals surface area contributed by atoms with Gasteiger partial charge in [-0.05, 0) is 30.0 Å². The summed E-state index contributed by atoms with van der Waals surface area (Å²) < 4.78 is 1.51. The van der Waals surface area contributed by atoms with Gasteiger partial charge in [0.1, 0.15) is 10.7 Å². The zero-order chi connectivity index (χ0) is 13.6. The predicted molar refractivity (Wildman–Crippen MR) is 71.3 cm³/mol. The van der Waals surface area contributed by atoms with E-state index >= 15 is 0 Å². The average molecular weight is 275 g/mol. The fourth-order valence-electron chi connectivity index (χ4n) is 2.16. The van der Waals surface area contributed by atoms with Crippen LogP contribution in [0.3, 0.4) is 0 Å². The second-order valence-electron chi connectivity index (χ2n) is 4.00. The maximum absolute atomic E-state index is 11.9. The Morgan fingerprint density at radius 2 is 2.32 bits per heavy atom. The summed E-state index contributed by atoms with van der Waals surface area (Å²) in [5.41, 5.74) is 0.522. The lowest BCUT2D eigenvalue weighted by atomic mass is 10.2. The average Bonchev–Trinajstić information content (AvgIpc) is 2.95. The van der Waals surface area contributed by atoms with Gasteiger partial charge in [0.15, 0.2) is 5.65 Å². The molecule has 3 aromatic heterocycles. The van der Waals surface area contributed by atoms with Crippen LogP contribution in [0.25, 0.3) is 16.0 Å². The molecule has 0 saturated carbocycles. The highest BCUT2D eigenvalue weighted by atomic mass is 32.1. The molecule has 0 aliphatic rings. The first-order chi connectivity index (χ1) is 9.11. The van der Waals surface area contributed by atoms with Gasteiger partial charge in [0, 0.05) is 0 Å².